The molecule has 82 valence electrons. The second-order valence-electron chi connectivity index (χ2n) is 2.58. The molecule has 0 unspecified atom stereocenters. The van der Waals surface area contributed by atoms with Crippen molar-refractivity contribution in [1.29, 1.82) is 0 Å². The molecule has 0 heterocycles. The van der Waals surface area contributed by atoms with Crippen LogP contribution in [-0.2, 0) is 6.42 Å². The fourth-order valence-electron chi connectivity index (χ4n) is 0.992. The van der Waals surface area contributed by atoms with Crippen LogP contribution in [-0.4, -0.2) is 16.8 Å². The first-order valence-corrected chi connectivity index (χ1v) is 3.65. The number of phenolic OH excluding ortho intramolecular Hbond substituents is 2. The lowest BCUT2D eigenvalue weighted by molar-refractivity contribution is 0.456. The van der Waals surface area contributed by atoms with Crippen molar-refractivity contribution in [2.75, 3.05) is 12.3 Å². The molecule has 14 heavy (non-hydrogen) atoms. The average molecular weight is 330 g/mol. The Kier molecular flexibility index (Phi) is 7.90. The number of anilines is 1. The molecular formula is C8H14Br2N2O2. The number of rotatable bonds is 2. The van der Waals surface area contributed by atoms with Crippen LogP contribution < -0.4 is 11.5 Å². The minimum Gasteiger partial charge on any atom is -0.508 e. The third kappa shape index (κ3) is 3.73. The summed E-state index contributed by atoms with van der Waals surface area (Å²) < 4.78 is 0. The fourth-order valence-corrected chi connectivity index (χ4v) is 0.992. The minimum absolute atomic E-state index is 0. The van der Waals surface area contributed by atoms with Crippen LogP contribution in [0.25, 0.3) is 0 Å². The lowest BCUT2D eigenvalue weighted by Gasteiger charge is -2.05. The van der Waals surface area contributed by atoms with Gasteiger partial charge in [0.15, 0.2) is 0 Å². The third-order valence-corrected chi connectivity index (χ3v) is 1.64. The quantitative estimate of drug-likeness (QED) is 0.374. The summed E-state index contributed by atoms with van der Waals surface area (Å²) in [6, 6.07) is 2.75. The van der Waals surface area contributed by atoms with Gasteiger partial charge in [-0.2, -0.15) is 0 Å². The molecule has 0 atom stereocenters. The molecule has 0 aliphatic carbocycles. The Morgan fingerprint density at radius 2 is 1.64 bits per heavy atom. The van der Waals surface area contributed by atoms with Crippen LogP contribution in [0.2, 0.25) is 0 Å². The maximum Gasteiger partial charge on any atom is 0.139 e. The fraction of sp³-hybridized carbons (Fsp3) is 0.250. The van der Waals surface area contributed by atoms with Gasteiger partial charge in [-0.25, -0.2) is 0 Å². The van der Waals surface area contributed by atoms with E-state index in [2.05, 4.69) is 0 Å². The van der Waals surface area contributed by atoms with Crippen molar-refractivity contribution >= 4 is 39.7 Å². The first-order valence-electron chi connectivity index (χ1n) is 3.65. The highest BCUT2D eigenvalue weighted by molar-refractivity contribution is 8.93. The molecule has 0 aromatic heterocycles. The largest absolute Gasteiger partial charge is 0.508 e. The van der Waals surface area contributed by atoms with Gasteiger partial charge in [0.2, 0.25) is 0 Å². The third-order valence-electron chi connectivity index (χ3n) is 1.64. The highest BCUT2D eigenvalue weighted by Gasteiger charge is 2.04. The van der Waals surface area contributed by atoms with Gasteiger partial charge in [-0.3, -0.25) is 0 Å². The van der Waals surface area contributed by atoms with E-state index in [1.165, 1.54) is 12.1 Å². The van der Waals surface area contributed by atoms with Crippen LogP contribution in [0.4, 0.5) is 5.69 Å². The summed E-state index contributed by atoms with van der Waals surface area (Å²) in [7, 11) is 0. The molecule has 0 aliphatic heterocycles. The summed E-state index contributed by atoms with van der Waals surface area (Å²) in [5, 5.41) is 18.5. The molecule has 4 nitrogen and oxygen atoms in total. The van der Waals surface area contributed by atoms with Crippen LogP contribution in [0.3, 0.4) is 0 Å². The molecule has 0 fully saturated rings. The number of aromatic hydroxyl groups is 2. The number of nitrogens with two attached hydrogens (primary N) is 2. The lowest BCUT2D eigenvalue weighted by Crippen LogP contribution is -2.03. The number of benzene rings is 1. The van der Waals surface area contributed by atoms with Crippen LogP contribution >= 0.6 is 34.0 Å². The Balaban J connectivity index is 0. The first kappa shape index (κ1) is 16.0. The molecule has 1 aromatic rings. The van der Waals surface area contributed by atoms with Crippen LogP contribution in [0, 0.1) is 0 Å². The van der Waals surface area contributed by atoms with Crippen molar-refractivity contribution in [3.05, 3.63) is 17.7 Å². The number of phenols is 2. The van der Waals surface area contributed by atoms with Crippen LogP contribution in [0.15, 0.2) is 12.1 Å². The maximum atomic E-state index is 9.30. The van der Waals surface area contributed by atoms with Gasteiger partial charge in [0, 0.05) is 6.07 Å². The smallest absolute Gasteiger partial charge is 0.139 e. The Morgan fingerprint density at radius 1 is 1.07 bits per heavy atom. The van der Waals surface area contributed by atoms with Gasteiger partial charge in [-0.05, 0) is 24.6 Å². The van der Waals surface area contributed by atoms with Crippen molar-refractivity contribution in [3.8, 4) is 11.5 Å². The van der Waals surface area contributed by atoms with Crippen molar-refractivity contribution in [2.24, 2.45) is 5.73 Å². The van der Waals surface area contributed by atoms with E-state index < -0.39 is 0 Å². The molecule has 0 saturated heterocycles. The van der Waals surface area contributed by atoms with E-state index in [0.29, 0.717) is 18.5 Å². The molecule has 1 rings (SSSR count). The molecule has 0 spiro atoms. The number of hydrogen-bond acceptors (Lipinski definition) is 4. The zero-order valence-electron chi connectivity index (χ0n) is 7.43. The van der Waals surface area contributed by atoms with Gasteiger partial charge in [0.1, 0.15) is 11.5 Å². The summed E-state index contributed by atoms with van der Waals surface area (Å²) in [5.74, 6) is 0.0620. The monoisotopic (exact) mass is 328 g/mol. The van der Waals surface area contributed by atoms with Gasteiger partial charge in [0.05, 0.1) is 5.69 Å². The second-order valence-corrected chi connectivity index (χ2v) is 2.58. The molecule has 6 N–H and O–H groups in total. The predicted octanol–water partition coefficient (Wildman–Crippen LogP) is 1.34. The summed E-state index contributed by atoms with van der Waals surface area (Å²) in [6.45, 7) is 0.427. The normalized spacial score (nSPS) is 8.64. The van der Waals surface area contributed by atoms with E-state index in [4.69, 9.17) is 11.5 Å². The Hall–Kier alpha value is -0.460. The van der Waals surface area contributed by atoms with Crippen molar-refractivity contribution in [3.63, 3.8) is 0 Å². The van der Waals surface area contributed by atoms with Crippen molar-refractivity contribution in [2.45, 2.75) is 6.42 Å². The molecule has 0 radical (unpaired) electrons. The number of nitrogen functional groups attached to an aromatic ring is 1. The zero-order valence-corrected chi connectivity index (χ0v) is 10.9. The number of hydrogen-bond donors (Lipinski definition) is 4. The van der Waals surface area contributed by atoms with Gasteiger partial charge in [0.25, 0.3) is 0 Å². The summed E-state index contributed by atoms with van der Waals surface area (Å²) in [4.78, 5) is 0. The molecule has 0 aliphatic rings. The maximum absolute atomic E-state index is 9.30. The van der Waals surface area contributed by atoms with Crippen LogP contribution in [0.5, 0.6) is 11.5 Å². The van der Waals surface area contributed by atoms with Crippen molar-refractivity contribution < 1.29 is 10.2 Å². The molecular weight excluding hydrogens is 316 g/mol. The Bertz CT molecular complexity index is 295. The van der Waals surface area contributed by atoms with E-state index >= 15 is 0 Å². The first-order chi connectivity index (χ1) is 5.65. The highest BCUT2D eigenvalue weighted by atomic mass is 79.9. The predicted molar refractivity (Wildman–Crippen MR) is 67.6 cm³/mol. The minimum atomic E-state index is -0.0174. The standard InChI is InChI=1S/C8H12N2O2.2BrH/c9-2-1-5-3-8(12)6(10)4-7(5)11;;/h3-4,11-12H,1-2,9-10H2;2*1H. The summed E-state index contributed by atoms with van der Waals surface area (Å²) in [5.41, 5.74) is 11.4. The lowest BCUT2D eigenvalue weighted by atomic mass is 10.1. The zero-order chi connectivity index (χ0) is 9.14. The molecule has 1 aromatic carbocycles. The van der Waals surface area contributed by atoms with Crippen LogP contribution in [0.1, 0.15) is 5.56 Å². The second kappa shape index (κ2) is 6.92. The molecule has 0 bridgehead atoms. The Labute approximate surface area is 103 Å². The van der Waals surface area contributed by atoms with E-state index in [9.17, 15) is 10.2 Å². The molecule has 0 amide bonds. The van der Waals surface area contributed by atoms with E-state index in [1.54, 1.807) is 0 Å². The SMILES string of the molecule is Br.Br.NCCc1cc(O)c(N)cc1O. The highest BCUT2D eigenvalue weighted by Crippen LogP contribution is 2.28. The van der Waals surface area contributed by atoms with E-state index in [0.717, 1.165) is 0 Å². The Morgan fingerprint density at radius 3 is 2.14 bits per heavy atom. The van der Waals surface area contributed by atoms with Gasteiger partial charge in [-0.15, -0.1) is 34.0 Å². The van der Waals surface area contributed by atoms with Gasteiger partial charge >= 0.3 is 0 Å². The van der Waals surface area contributed by atoms with Gasteiger partial charge < -0.3 is 21.7 Å². The average Bonchev–Trinajstić information content (AvgIpc) is 2.01. The van der Waals surface area contributed by atoms with E-state index in [-0.39, 0.29) is 51.1 Å². The summed E-state index contributed by atoms with van der Waals surface area (Å²) in [6.07, 6.45) is 0.527. The van der Waals surface area contributed by atoms with E-state index in [1.807, 2.05) is 0 Å². The molecule has 6 heteroatoms. The molecule has 0 saturated carbocycles. The number of halogens is 2. The summed E-state index contributed by atoms with van der Waals surface area (Å²) >= 11 is 0. The van der Waals surface area contributed by atoms with Gasteiger partial charge in [-0.1, -0.05) is 0 Å². The topological polar surface area (TPSA) is 92.5 Å². The van der Waals surface area contributed by atoms with Crippen molar-refractivity contribution in [1.82, 2.24) is 0 Å².